The van der Waals surface area contributed by atoms with Crippen molar-refractivity contribution in [2.45, 2.75) is 20.4 Å². The molecule has 0 unspecified atom stereocenters. The maximum absolute atomic E-state index is 12.9. The van der Waals surface area contributed by atoms with E-state index in [1.165, 1.54) is 0 Å². The van der Waals surface area contributed by atoms with E-state index in [9.17, 15) is 15.2 Å². The van der Waals surface area contributed by atoms with Gasteiger partial charge >= 0.3 is 0 Å². The standard InChI is InChI=1S/C20H16ClN5O2/c1-12-15(9-22)19(27)26(11-14-5-4-8-23-10-14)20(28)18(12)25-24-17-7-3-6-16(21)13(17)2/h3-8,10,27H,11H2,1-2H3. The lowest BCUT2D eigenvalue weighted by atomic mass is 10.1. The largest absolute Gasteiger partial charge is 0.493 e. The van der Waals surface area contributed by atoms with Gasteiger partial charge in [-0.25, -0.2) is 0 Å². The SMILES string of the molecule is Cc1c(Cl)cccc1N=Nc1c(C)c(C#N)c(O)n(Cc2cccnc2)c1=O. The average molecular weight is 394 g/mol. The second kappa shape index (κ2) is 8.03. The number of hydrogen-bond acceptors (Lipinski definition) is 6. The Hall–Kier alpha value is -3.50. The summed E-state index contributed by atoms with van der Waals surface area (Å²) >= 11 is 6.09. The monoisotopic (exact) mass is 393 g/mol. The predicted octanol–water partition coefficient (Wildman–Crippen LogP) is 4.55. The lowest BCUT2D eigenvalue weighted by molar-refractivity contribution is 0.412. The number of halogens is 1. The van der Waals surface area contributed by atoms with Crippen molar-refractivity contribution < 1.29 is 5.11 Å². The van der Waals surface area contributed by atoms with Crippen LogP contribution < -0.4 is 5.56 Å². The van der Waals surface area contributed by atoms with Crippen LogP contribution in [0.5, 0.6) is 5.88 Å². The zero-order chi connectivity index (χ0) is 20.3. The van der Waals surface area contributed by atoms with Gasteiger partial charge in [-0.3, -0.25) is 14.3 Å². The van der Waals surface area contributed by atoms with Crippen molar-refractivity contribution in [2.75, 3.05) is 0 Å². The quantitative estimate of drug-likeness (QED) is 0.656. The van der Waals surface area contributed by atoms with Crippen molar-refractivity contribution in [2.24, 2.45) is 10.2 Å². The van der Waals surface area contributed by atoms with E-state index in [0.717, 1.165) is 10.1 Å². The third-order valence-corrected chi connectivity index (χ3v) is 4.74. The molecule has 0 aliphatic carbocycles. The van der Waals surface area contributed by atoms with Gasteiger partial charge < -0.3 is 5.11 Å². The molecule has 0 aliphatic heterocycles. The van der Waals surface area contributed by atoms with Crippen molar-refractivity contribution in [1.82, 2.24) is 9.55 Å². The van der Waals surface area contributed by atoms with Crippen molar-refractivity contribution in [3.8, 4) is 11.9 Å². The molecule has 0 atom stereocenters. The van der Waals surface area contributed by atoms with E-state index in [0.29, 0.717) is 16.3 Å². The fourth-order valence-corrected chi connectivity index (χ4v) is 2.86. The Bertz CT molecular complexity index is 1160. The molecule has 0 saturated carbocycles. The maximum Gasteiger partial charge on any atom is 0.281 e. The third kappa shape index (κ3) is 3.63. The number of aromatic nitrogens is 2. The van der Waals surface area contributed by atoms with Gasteiger partial charge in [0.2, 0.25) is 5.88 Å². The summed E-state index contributed by atoms with van der Waals surface area (Å²) in [5.41, 5.74) is 1.59. The van der Waals surface area contributed by atoms with Crippen LogP contribution in [-0.2, 0) is 6.54 Å². The van der Waals surface area contributed by atoms with Gasteiger partial charge in [-0.1, -0.05) is 23.7 Å². The fourth-order valence-electron chi connectivity index (χ4n) is 2.69. The van der Waals surface area contributed by atoms with Gasteiger partial charge in [0.1, 0.15) is 11.6 Å². The molecule has 7 nitrogen and oxygen atoms in total. The van der Waals surface area contributed by atoms with E-state index < -0.39 is 11.4 Å². The van der Waals surface area contributed by atoms with Crippen LogP contribution in [0.15, 0.2) is 57.7 Å². The smallest absolute Gasteiger partial charge is 0.281 e. The first-order valence-corrected chi connectivity index (χ1v) is 8.74. The number of benzene rings is 1. The number of pyridine rings is 2. The van der Waals surface area contributed by atoms with Crippen molar-refractivity contribution in [3.63, 3.8) is 0 Å². The Kier molecular flexibility index (Phi) is 5.52. The molecule has 1 N–H and O–H groups in total. The Balaban J connectivity index is 2.14. The van der Waals surface area contributed by atoms with Gasteiger partial charge in [0.25, 0.3) is 5.56 Å². The van der Waals surface area contributed by atoms with E-state index in [1.54, 1.807) is 56.6 Å². The van der Waals surface area contributed by atoms with Crippen molar-refractivity contribution >= 4 is 23.0 Å². The fraction of sp³-hybridized carbons (Fsp3) is 0.150. The molecule has 28 heavy (non-hydrogen) atoms. The van der Waals surface area contributed by atoms with E-state index >= 15 is 0 Å². The molecule has 0 spiro atoms. The van der Waals surface area contributed by atoms with Gasteiger partial charge in [-0.05, 0) is 43.2 Å². The van der Waals surface area contributed by atoms with Gasteiger partial charge in [0.15, 0.2) is 5.69 Å². The van der Waals surface area contributed by atoms with Gasteiger partial charge in [0.05, 0.1) is 12.2 Å². The second-order valence-electron chi connectivity index (χ2n) is 6.12. The number of nitrogens with zero attached hydrogens (tertiary/aromatic N) is 5. The first-order valence-electron chi connectivity index (χ1n) is 8.36. The van der Waals surface area contributed by atoms with Crippen LogP contribution in [0.2, 0.25) is 5.02 Å². The number of azo groups is 1. The summed E-state index contributed by atoms with van der Waals surface area (Å²) in [6.07, 6.45) is 3.18. The first kappa shape index (κ1) is 19.3. The molecule has 0 amide bonds. The molecule has 8 heteroatoms. The topological polar surface area (TPSA) is 104 Å². The lowest BCUT2D eigenvalue weighted by Gasteiger charge is -2.13. The Morgan fingerprint density at radius 3 is 2.68 bits per heavy atom. The van der Waals surface area contributed by atoms with Crippen molar-refractivity contribution in [3.05, 3.63) is 80.4 Å². The molecule has 0 aliphatic rings. The summed E-state index contributed by atoms with van der Waals surface area (Å²) in [5, 5.41) is 28.6. The molecular weight excluding hydrogens is 378 g/mol. The van der Waals surface area contributed by atoms with Crippen LogP contribution in [0.4, 0.5) is 11.4 Å². The highest BCUT2D eigenvalue weighted by Crippen LogP contribution is 2.30. The van der Waals surface area contributed by atoms with E-state index in [-0.39, 0.29) is 23.4 Å². The number of aromatic hydroxyl groups is 1. The molecule has 140 valence electrons. The zero-order valence-electron chi connectivity index (χ0n) is 15.2. The Labute approximate surface area is 166 Å². The summed E-state index contributed by atoms with van der Waals surface area (Å²) in [4.78, 5) is 16.9. The minimum atomic E-state index is -0.554. The second-order valence-corrected chi connectivity index (χ2v) is 6.53. The summed E-state index contributed by atoms with van der Waals surface area (Å²) in [6.45, 7) is 3.39. The van der Waals surface area contributed by atoms with Gasteiger partial charge in [-0.2, -0.15) is 10.4 Å². The molecule has 3 rings (SSSR count). The average Bonchev–Trinajstić information content (AvgIpc) is 2.69. The number of hydrogen-bond donors (Lipinski definition) is 1. The summed E-state index contributed by atoms with van der Waals surface area (Å²) in [7, 11) is 0. The van der Waals surface area contributed by atoms with E-state index in [2.05, 4.69) is 15.2 Å². The Morgan fingerprint density at radius 1 is 1.21 bits per heavy atom. The Morgan fingerprint density at radius 2 is 2.00 bits per heavy atom. The normalized spacial score (nSPS) is 10.9. The molecule has 3 aromatic rings. The lowest BCUT2D eigenvalue weighted by Crippen LogP contribution is -2.22. The molecule has 0 radical (unpaired) electrons. The number of nitriles is 1. The molecular formula is C20H16ClN5O2. The molecule has 2 heterocycles. The highest BCUT2D eigenvalue weighted by Gasteiger charge is 2.19. The van der Waals surface area contributed by atoms with E-state index in [4.69, 9.17) is 11.6 Å². The minimum absolute atomic E-state index is 0.0161. The molecule has 0 bridgehead atoms. The van der Waals surface area contributed by atoms with Crippen LogP contribution in [0.1, 0.15) is 22.3 Å². The summed E-state index contributed by atoms with van der Waals surface area (Å²) in [5.74, 6) is -0.410. The molecule has 2 aromatic heterocycles. The van der Waals surface area contributed by atoms with E-state index in [1.807, 2.05) is 6.07 Å². The highest BCUT2D eigenvalue weighted by molar-refractivity contribution is 6.31. The van der Waals surface area contributed by atoms with Crippen molar-refractivity contribution in [1.29, 1.82) is 5.26 Å². The van der Waals surface area contributed by atoms with Gasteiger partial charge in [-0.15, -0.1) is 5.11 Å². The summed E-state index contributed by atoms with van der Waals surface area (Å²) in [6, 6.07) is 10.6. The molecule has 0 fully saturated rings. The maximum atomic E-state index is 12.9. The molecule has 0 saturated heterocycles. The van der Waals surface area contributed by atoms with Crippen LogP contribution >= 0.6 is 11.6 Å². The van der Waals surface area contributed by atoms with Crippen LogP contribution in [0, 0.1) is 25.2 Å². The molecule has 1 aromatic carbocycles. The van der Waals surface area contributed by atoms with Crippen LogP contribution in [0.3, 0.4) is 0 Å². The number of rotatable bonds is 4. The summed E-state index contributed by atoms with van der Waals surface area (Å²) < 4.78 is 1.09. The third-order valence-electron chi connectivity index (χ3n) is 4.33. The van der Waals surface area contributed by atoms with Gasteiger partial charge in [0, 0.05) is 23.0 Å². The predicted molar refractivity (Wildman–Crippen MR) is 106 cm³/mol. The first-order chi connectivity index (χ1) is 13.4. The van der Waals surface area contributed by atoms with Crippen LogP contribution in [-0.4, -0.2) is 14.7 Å². The highest BCUT2D eigenvalue weighted by atomic mass is 35.5. The van der Waals surface area contributed by atoms with Crippen LogP contribution in [0.25, 0.3) is 0 Å². The zero-order valence-corrected chi connectivity index (χ0v) is 16.0. The minimum Gasteiger partial charge on any atom is -0.493 e.